The molecule has 0 unspecified atom stereocenters. The molecule has 0 fully saturated rings. The topological polar surface area (TPSA) is 47.6 Å². The van der Waals surface area contributed by atoms with Crippen molar-refractivity contribution in [1.82, 2.24) is 0 Å². The number of benzene rings is 1. The number of carbonyl (C=O) groups excluding carboxylic acids is 1. The van der Waals surface area contributed by atoms with Gasteiger partial charge in [0.1, 0.15) is 5.75 Å². The third-order valence-electron chi connectivity index (χ3n) is 2.78. The highest BCUT2D eigenvalue weighted by Crippen LogP contribution is 2.22. The fraction of sp³-hybridized carbons (Fsp3) is 0.500. The predicted molar refractivity (Wildman–Crippen MR) is 72.1 cm³/mol. The average molecular weight is 251 g/mol. The molecule has 1 N–H and O–H groups in total. The first-order valence-corrected chi connectivity index (χ1v) is 6.18. The molecular weight excluding hydrogens is 230 g/mol. The molecule has 0 amide bonds. The van der Waals surface area contributed by atoms with Gasteiger partial charge in [0.25, 0.3) is 0 Å². The Hall–Kier alpha value is -1.71. The van der Waals surface area contributed by atoms with E-state index in [9.17, 15) is 4.79 Å². The highest BCUT2D eigenvalue weighted by Gasteiger charge is 2.03. The molecule has 100 valence electrons. The first kappa shape index (κ1) is 14.4. The summed E-state index contributed by atoms with van der Waals surface area (Å²) in [6, 6.07) is 6.02. The van der Waals surface area contributed by atoms with Crippen molar-refractivity contribution in [1.29, 1.82) is 0 Å². The molecule has 0 radical (unpaired) electrons. The molecule has 4 heteroatoms. The number of rotatable bonds is 7. The van der Waals surface area contributed by atoms with Gasteiger partial charge in [0.05, 0.1) is 14.2 Å². The fourth-order valence-corrected chi connectivity index (χ4v) is 1.73. The van der Waals surface area contributed by atoms with E-state index in [2.05, 4.69) is 23.0 Å². The van der Waals surface area contributed by atoms with Crippen LogP contribution in [0.25, 0.3) is 0 Å². The van der Waals surface area contributed by atoms with Crippen molar-refractivity contribution in [2.75, 3.05) is 26.1 Å². The average Bonchev–Trinajstić information content (AvgIpc) is 2.42. The zero-order valence-electron chi connectivity index (χ0n) is 11.3. The molecule has 0 aromatic heterocycles. The summed E-state index contributed by atoms with van der Waals surface area (Å²) in [7, 11) is 3.09. The number of carbonyl (C=O) groups is 1. The standard InChI is InChI=1S/C14H21NO3/c1-4-11-10-12(7-8-13(11)17-2)15-9-5-6-14(16)18-3/h7-8,10,15H,4-6,9H2,1-3H3. The summed E-state index contributed by atoms with van der Waals surface area (Å²) in [6.45, 7) is 2.85. The van der Waals surface area contributed by atoms with Crippen LogP contribution in [0.5, 0.6) is 5.75 Å². The number of ether oxygens (including phenoxy) is 2. The van der Waals surface area contributed by atoms with Crippen molar-refractivity contribution < 1.29 is 14.3 Å². The summed E-state index contributed by atoms with van der Waals surface area (Å²) in [5, 5.41) is 3.29. The number of methoxy groups -OCH3 is 2. The van der Waals surface area contributed by atoms with Gasteiger partial charge in [-0.15, -0.1) is 0 Å². The van der Waals surface area contributed by atoms with Gasteiger partial charge in [-0.3, -0.25) is 4.79 Å². The smallest absolute Gasteiger partial charge is 0.305 e. The number of hydrogen-bond acceptors (Lipinski definition) is 4. The lowest BCUT2D eigenvalue weighted by Gasteiger charge is -2.11. The molecular formula is C14H21NO3. The second-order valence-corrected chi connectivity index (χ2v) is 3.99. The molecule has 0 saturated heterocycles. The molecule has 1 aromatic carbocycles. The monoisotopic (exact) mass is 251 g/mol. The van der Waals surface area contributed by atoms with Gasteiger partial charge in [-0.1, -0.05) is 6.92 Å². The molecule has 1 aromatic rings. The Morgan fingerprint density at radius 1 is 1.33 bits per heavy atom. The van der Waals surface area contributed by atoms with Crippen molar-refractivity contribution in [2.45, 2.75) is 26.2 Å². The van der Waals surface area contributed by atoms with Gasteiger partial charge in [-0.25, -0.2) is 0 Å². The zero-order valence-corrected chi connectivity index (χ0v) is 11.3. The largest absolute Gasteiger partial charge is 0.496 e. The Morgan fingerprint density at radius 3 is 2.72 bits per heavy atom. The van der Waals surface area contributed by atoms with Crippen LogP contribution in [0.2, 0.25) is 0 Å². The lowest BCUT2D eigenvalue weighted by atomic mass is 10.1. The SMILES string of the molecule is CCc1cc(NCCCC(=O)OC)ccc1OC. The Labute approximate surface area is 108 Å². The highest BCUT2D eigenvalue weighted by molar-refractivity contribution is 5.69. The third kappa shape index (κ3) is 4.28. The predicted octanol–water partition coefficient (Wildman–Crippen LogP) is 2.62. The second-order valence-electron chi connectivity index (χ2n) is 3.99. The van der Waals surface area contributed by atoms with Crippen LogP contribution in [-0.2, 0) is 16.0 Å². The van der Waals surface area contributed by atoms with Crippen molar-refractivity contribution in [3.05, 3.63) is 23.8 Å². The summed E-state index contributed by atoms with van der Waals surface area (Å²) in [4.78, 5) is 10.9. The molecule has 18 heavy (non-hydrogen) atoms. The van der Waals surface area contributed by atoms with Crippen LogP contribution in [0.1, 0.15) is 25.3 Å². The van der Waals surface area contributed by atoms with E-state index < -0.39 is 0 Å². The number of anilines is 1. The first-order valence-electron chi connectivity index (χ1n) is 6.18. The molecule has 0 aliphatic rings. The van der Waals surface area contributed by atoms with Crippen molar-refractivity contribution in [2.24, 2.45) is 0 Å². The molecule has 4 nitrogen and oxygen atoms in total. The Kier molecular flexibility index (Phi) is 6.05. The quantitative estimate of drug-likeness (QED) is 0.598. The normalized spacial score (nSPS) is 9.94. The molecule has 0 spiro atoms. The Balaban J connectivity index is 2.45. The van der Waals surface area contributed by atoms with E-state index in [1.165, 1.54) is 12.7 Å². The fourth-order valence-electron chi connectivity index (χ4n) is 1.73. The summed E-state index contributed by atoms with van der Waals surface area (Å²) in [5.41, 5.74) is 2.23. The molecule has 0 aliphatic heterocycles. The molecule has 1 rings (SSSR count). The van der Waals surface area contributed by atoms with Crippen molar-refractivity contribution in [3.8, 4) is 5.75 Å². The van der Waals surface area contributed by atoms with Crippen LogP contribution in [0.4, 0.5) is 5.69 Å². The second kappa shape index (κ2) is 7.58. The van der Waals surface area contributed by atoms with Crippen molar-refractivity contribution >= 4 is 11.7 Å². The summed E-state index contributed by atoms with van der Waals surface area (Å²) in [5.74, 6) is 0.749. The minimum atomic E-state index is -0.166. The summed E-state index contributed by atoms with van der Waals surface area (Å²) in [6.07, 6.45) is 2.14. The molecule has 0 heterocycles. The molecule has 0 atom stereocenters. The zero-order chi connectivity index (χ0) is 13.4. The van der Waals surface area contributed by atoms with Gasteiger partial charge in [0.2, 0.25) is 0 Å². The van der Waals surface area contributed by atoms with Crippen LogP contribution in [0.3, 0.4) is 0 Å². The van der Waals surface area contributed by atoms with Crippen LogP contribution in [0.15, 0.2) is 18.2 Å². The minimum Gasteiger partial charge on any atom is -0.496 e. The molecule has 0 bridgehead atoms. The third-order valence-corrected chi connectivity index (χ3v) is 2.78. The maximum Gasteiger partial charge on any atom is 0.305 e. The van der Waals surface area contributed by atoms with Crippen molar-refractivity contribution in [3.63, 3.8) is 0 Å². The van der Waals surface area contributed by atoms with E-state index in [-0.39, 0.29) is 5.97 Å². The number of aryl methyl sites for hydroxylation is 1. The van der Waals surface area contributed by atoms with E-state index in [4.69, 9.17) is 4.74 Å². The van der Waals surface area contributed by atoms with Gasteiger partial charge in [-0.05, 0) is 36.6 Å². The molecule has 0 saturated carbocycles. The van der Waals surface area contributed by atoms with Gasteiger partial charge in [-0.2, -0.15) is 0 Å². The first-order chi connectivity index (χ1) is 8.71. The van der Waals surface area contributed by atoms with Gasteiger partial charge >= 0.3 is 5.97 Å². The summed E-state index contributed by atoms with van der Waals surface area (Å²) >= 11 is 0. The van der Waals surface area contributed by atoms with E-state index in [0.29, 0.717) is 6.42 Å². The van der Waals surface area contributed by atoms with Crippen LogP contribution in [-0.4, -0.2) is 26.7 Å². The van der Waals surface area contributed by atoms with Gasteiger partial charge in [0.15, 0.2) is 0 Å². The number of hydrogen-bond donors (Lipinski definition) is 1. The minimum absolute atomic E-state index is 0.166. The maximum atomic E-state index is 10.9. The van der Waals surface area contributed by atoms with E-state index in [0.717, 1.165) is 30.8 Å². The van der Waals surface area contributed by atoms with E-state index >= 15 is 0 Å². The van der Waals surface area contributed by atoms with Crippen LogP contribution >= 0.6 is 0 Å². The van der Waals surface area contributed by atoms with Crippen LogP contribution in [0, 0.1) is 0 Å². The highest BCUT2D eigenvalue weighted by atomic mass is 16.5. The van der Waals surface area contributed by atoms with Crippen LogP contribution < -0.4 is 10.1 Å². The Bertz CT molecular complexity index is 391. The summed E-state index contributed by atoms with van der Waals surface area (Å²) < 4.78 is 9.86. The number of nitrogens with one attached hydrogen (secondary N) is 1. The number of esters is 1. The maximum absolute atomic E-state index is 10.9. The van der Waals surface area contributed by atoms with Gasteiger partial charge < -0.3 is 14.8 Å². The Morgan fingerprint density at radius 2 is 2.11 bits per heavy atom. The lowest BCUT2D eigenvalue weighted by Crippen LogP contribution is -2.06. The lowest BCUT2D eigenvalue weighted by molar-refractivity contribution is -0.140. The van der Waals surface area contributed by atoms with Gasteiger partial charge in [0, 0.05) is 18.7 Å². The van der Waals surface area contributed by atoms with E-state index in [1.54, 1.807) is 7.11 Å². The van der Waals surface area contributed by atoms with E-state index in [1.807, 2.05) is 12.1 Å². The molecule has 0 aliphatic carbocycles.